The zero-order chi connectivity index (χ0) is 22.2. The number of nitrogens with one attached hydrogen (secondary N) is 4. The fraction of sp³-hybridized carbons (Fsp3) is 0.545. The lowest BCUT2D eigenvalue weighted by molar-refractivity contribution is -0.119. The van der Waals surface area contributed by atoms with Gasteiger partial charge in [0, 0.05) is 29.7 Å². The van der Waals surface area contributed by atoms with Gasteiger partial charge < -0.3 is 26.2 Å². The summed E-state index contributed by atoms with van der Waals surface area (Å²) in [5.74, 6) is 0.523. The number of carbonyl (C=O) groups excluding carboxylic acids is 4. The van der Waals surface area contributed by atoms with Gasteiger partial charge in [-0.15, -0.1) is 0 Å². The third-order valence-electron chi connectivity index (χ3n) is 6.69. The third kappa shape index (κ3) is 4.03. The molecule has 0 aliphatic carbocycles. The van der Waals surface area contributed by atoms with E-state index in [1.165, 1.54) is 0 Å². The molecule has 3 fully saturated rings. The summed E-state index contributed by atoms with van der Waals surface area (Å²) in [6, 6.07) is 4.97. The summed E-state index contributed by atoms with van der Waals surface area (Å²) in [7, 11) is 0. The summed E-state index contributed by atoms with van der Waals surface area (Å²) in [5.41, 5.74) is 1.47. The zero-order valence-corrected chi connectivity index (χ0v) is 18.5. The van der Waals surface area contributed by atoms with Gasteiger partial charge in [-0.3, -0.25) is 14.4 Å². The topological polar surface area (TPSA) is 120 Å². The second-order valence-corrected chi connectivity index (χ2v) is 10.1. The van der Waals surface area contributed by atoms with E-state index in [1.54, 1.807) is 23.1 Å². The molecule has 0 radical (unpaired) electrons. The molecule has 0 aromatic heterocycles. The maximum absolute atomic E-state index is 12.9. The zero-order valence-electron chi connectivity index (χ0n) is 17.7. The Kier molecular flexibility index (Phi) is 5.71. The number of thioether (sulfide) groups is 1. The summed E-state index contributed by atoms with van der Waals surface area (Å²) in [6.45, 7) is 0.577. The minimum atomic E-state index is -0.408. The number of amides is 5. The minimum Gasteiger partial charge on any atom is -0.332 e. The molecule has 170 valence electrons. The van der Waals surface area contributed by atoms with Crippen molar-refractivity contribution in [3.05, 3.63) is 23.8 Å². The summed E-state index contributed by atoms with van der Waals surface area (Å²) < 4.78 is 0. The van der Waals surface area contributed by atoms with Crippen LogP contribution in [0.3, 0.4) is 0 Å². The SMILES string of the molecule is O=C(CCCC[C@@H]1SC[C@@H]2NC(=O)N[C@H]21)Nc1ccc2c(c1)C(=O)N1CCC[C@H]1C(=O)N2. The summed E-state index contributed by atoms with van der Waals surface area (Å²) in [5, 5.41) is 12.0. The molecule has 4 N–H and O–H groups in total. The molecule has 4 atom stereocenters. The lowest BCUT2D eigenvalue weighted by Gasteiger charge is -2.20. The van der Waals surface area contributed by atoms with Crippen LogP contribution in [-0.4, -0.2) is 64.3 Å². The molecule has 1 aromatic rings. The Morgan fingerprint density at radius 2 is 2.06 bits per heavy atom. The molecular weight excluding hydrogens is 430 g/mol. The van der Waals surface area contributed by atoms with Crippen molar-refractivity contribution in [3.63, 3.8) is 0 Å². The Balaban J connectivity index is 1.13. The number of hydrogen-bond acceptors (Lipinski definition) is 5. The summed E-state index contributed by atoms with van der Waals surface area (Å²) >= 11 is 1.88. The molecular formula is C22H27N5O4S. The van der Waals surface area contributed by atoms with Crippen molar-refractivity contribution in [2.45, 2.75) is 61.9 Å². The Morgan fingerprint density at radius 3 is 2.94 bits per heavy atom. The van der Waals surface area contributed by atoms with Crippen LogP contribution in [0.1, 0.15) is 48.9 Å². The lowest BCUT2D eigenvalue weighted by atomic mass is 10.0. The van der Waals surface area contributed by atoms with Gasteiger partial charge in [0.15, 0.2) is 0 Å². The largest absolute Gasteiger partial charge is 0.332 e. The Labute approximate surface area is 190 Å². The molecule has 4 heterocycles. The van der Waals surface area contributed by atoms with Gasteiger partial charge in [-0.2, -0.15) is 11.8 Å². The molecule has 9 nitrogen and oxygen atoms in total. The number of rotatable bonds is 6. The van der Waals surface area contributed by atoms with E-state index in [4.69, 9.17) is 0 Å². The van der Waals surface area contributed by atoms with Crippen LogP contribution < -0.4 is 21.3 Å². The second kappa shape index (κ2) is 8.65. The van der Waals surface area contributed by atoms with Gasteiger partial charge in [0.25, 0.3) is 5.91 Å². The average molecular weight is 458 g/mol. The van der Waals surface area contributed by atoms with Crippen LogP contribution in [0, 0.1) is 0 Å². The third-order valence-corrected chi connectivity index (χ3v) is 8.20. The number of nitrogens with zero attached hydrogens (tertiary/aromatic N) is 1. The fourth-order valence-electron chi connectivity index (χ4n) is 5.06. The summed E-state index contributed by atoms with van der Waals surface area (Å²) in [6.07, 6.45) is 4.53. The first-order valence-corrected chi connectivity index (χ1v) is 12.3. The Hall–Kier alpha value is -2.75. The van der Waals surface area contributed by atoms with Crippen molar-refractivity contribution in [2.75, 3.05) is 22.9 Å². The average Bonchev–Trinajstić information content (AvgIpc) is 3.46. The normalized spacial score (nSPS) is 28.2. The van der Waals surface area contributed by atoms with Crippen molar-refractivity contribution < 1.29 is 19.2 Å². The molecule has 0 saturated carbocycles. The molecule has 5 amide bonds. The van der Waals surface area contributed by atoms with E-state index in [0.717, 1.165) is 31.4 Å². The number of benzene rings is 1. The highest BCUT2D eigenvalue weighted by Crippen LogP contribution is 2.33. The highest BCUT2D eigenvalue weighted by molar-refractivity contribution is 8.00. The number of carbonyl (C=O) groups is 4. The molecule has 4 aliphatic rings. The molecule has 5 rings (SSSR count). The van der Waals surface area contributed by atoms with E-state index in [0.29, 0.717) is 41.6 Å². The Bertz CT molecular complexity index is 970. The predicted molar refractivity (Wildman–Crippen MR) is 122 cm³/mol. The predicted octanol–water partition coefficient (Wildman–Crippen LogP) is 1.91. The molecule has 3 saturated heterocycles. The molecule has 0 spiro atoms. The van der Waals surface area contributed by atoms with E-state index in [9.17, 15) is 19.2 Å². The van der Waals surface area contributed by atoms with Crippen LogP contribution in [0.5, 0.6) is 0 Å². The van der Waals surface area contributed by atoms with Crippen LogP contribution >= 0.6 is 11.8 Å². The van der Waals surface area contributed by atoms with Crippen LogP contribution in [-0.2, 0) is 9.59 Å². The molecule has 0 bridgehead atoms. The van der Waals surface area contributed by atoms with E-state index in [2.05, 4.69) is 21.3 Å². The second-order valence-electron chi connectivity index (χ2n) is 8.82. The minimum absolute atomic E-state index is 0.0799. The first-order chi connectivity index (χ1) is 15.5. The van der Waals surface area contributed by atoms with Gasteiger partial charge in [-0.05, 0) is 43.9 Å². The van der Waals surface area contributed by atoms with Crippen LogP contribution in [0.2, 0.25) is 0 Å². The van der Waals surface area contributed by atoms with Crippen LogP contribution in [0.4, 0.5) is 16.2 Å². The molecule has 10 heteroatoms. The van der Waals surface area contributed by atoms with Gasteiger partial charge in [0.05, 0.1) is 23.3 Å². The smallest absolute Gasteiger partial charge is 0.315 e. The van der Waals surface area contributed by atoms with Crippen molar-refractivity contribution in [2.24, 2.45) is 0 Å². The molecule has 0 unspecified atom stereocenters. The van der Waals surface area contributed by atoms with Crippen molar-refractivity contribution in [3.8, 4) is 0 Å². The van der Waals surface area contributed by atoms with Crippen LogP contribution in [0.25, 0.3) is 0 Å². The molecule has 32 heavy (non-hydrogen) atoms. The first-order valence-electron chi connectivity index (χ1n) is 11.2. The van der Waals surface area contributed by atoms with E-state index in [1.807, 2.05) is 11.8 Å². The standard InChI is InChI=1S/C22H27N5O4S/c28-18(6-2-1-5-17-19-15(11-32-17)25-22(31)26-19)23-12-7-8-14-13(10-12)21(30)27-9-3-4-16(27)20(29)24-14/h7-8,10,15-17,19H,1-6,9,11H2,(H,23,28)(H,24,29)(H2,25,26,31)/t15-,16-,17-,19+/m0/s1. The van der Waals surface area contributed by atoms with Crippen molar-refractivity contribution in [1.82, 2.24) is 15.5 Å². The van der Waals surface area contributed by atoms with Gasteiger partial charge >= 0.3 is 6.03 Å². The number of anilines is 2. The summed E-state index contributed by atoms with van der Waals surface area (Å²) in [4.78, 5) is 50.8. The van der Waals surface area contributed by atoms with Gasteiger partial charge in [0.1, 0.15) is 6.04 Å². The molecule has 1 aromatic carbocycles. The highest BCUT2D eigenvalue weighted by atomic mass is 32.2. The highest BCUT2D eigenvalue weighted by Gasteiger charge is 2.42. The lowest BCUT2D eigenvalue weighted by Crippen LogP contribution is -2.40. The number of fused-ring (bicyclic) bond motifs is 3. The number of urea groups is 1. The van der Waals surface area contributed by atoms with Gasteiger partial charge in [0.2, 0.25) is 11.8 Å². The monoisotopic (exact) mass is 457 g/mol. The van der Waals surface area contributed by atoms with E-state index < -0.39 is 6.04 Å². The first kappa shape index (κ1) is 21.1. The van der Waals surface area contributed by atoms with Gasteiger partial charge in [-0.25, -0.2) is 4.79 Å². The fourth-order valence-corrected chi connectivity index (χ4v) is 6.60. The van der Waals surface area contributed by atoms with Crippen LogP contribution in [0.15, 0.2) is 18.2 Å². The number of hydrogen-bond donors (Lipinski definition) is 4. The molecule has 4 aliphatic heterocycles. The van der Waals surface area contributed by atoms with Gasteiger partial charge in [-0.1, -0.05) is 6.42 Å². The quantitative estimate of drug-likeness (QED) is 0.384. The van der Waals surface area contributed by atoms with E-state index >= 15 is 0 Å². The van der Waals surface area contributed by atoms with Crippen molar-refractivity contribution in [1.29, 1.82) is 0 Å². The van der Waals surface area contributed by atoms with E-state index in [-0.39, 0.29) is 35.8 Å². The maximum Gasteiger partial charge on any atom is 0.315 e. The van der Waals surface area contributed by atoms with Crippen molar-refractivity contribution >= 4 is 46.9 Å². The number of unbranched alkanes of at least 4 members (excludes halogenated alkanes) is 1. The maximum atomic E-state index is 12.9. The Morgan fingerprint density at radius 1 is 1.19 bits per heavy atom.